The molecule has 0 radical (unpaired) electrons. The summed E-state index contributed by atoms with van der Waals surface area (Å²) in [4.78, 5) is 38.2. The number of phosphoric acid groups is 1. The van der Waals surface area contributed by atoms with Crippen molar-refractivity contribution < 1.29 is 42.1 Å². The van der Waals surface area contributed by atoms with Crippen LogP contribution in [-0.4, -0.2) is 70.0 Å². The molecule has 0 rings (SSSR count). The molecule has 0 aliphatic heterocycles. The highest BCUT2D eigenvalue weighted by molar-refractivity contribution is 7.45. The average molecular weight is 1410 g/mol. The molecule has 2 unspecified atom stereocenters. The normalized spacial score (nSPS) is 13.9. The molecule has 0 amide bonds. The first-order chi connectivity index (χ1) is 49.0. The van der Waals surface area contributed by atoms with Gasteiger partial charge in [0.25, 0.3) is 7.82 Å². The lowest BCUT2D eigenvalue weighted by molar-refractivity contribution is -0.870. The smallest absolute Gasteiger partial charge is 0.306 e. The SMILES string of the molecule is CC/C=C\C/C=C\C/C=C\C/C=C\C/C=C\C/C=C\C/C=C\C/C=C\CCCCCCCCCCCCC(=O)OC(COC(=O)CCCCCCCCCCCCCCCCCCCCCCCCCCC/C=C\C/C=C\C/C=C\C/C=C\C/C=C\CC)COP(=O)([O-])OCC[N+](C)(C)C. The van der Waals surface area contributed by atoms with Gasteiger partial charge in [-0.15, -0.1) is 0 Å². The summed E-state index contributed by atoms with van der Waals surface area (Å²) in [7, 11) is 1.16. The first-order valence-electron chi connectivity index (χ1n) is 41.2. The van der Waals surface area contributed by atoms with E-state index in [1.54, 1.807) is 0 Å². The number of likely N-dealkylation sites (N-methyl/N-ethyl adjacent to an activating group) is 1. The monoisotopic (exact) mass is 1410 g/mol. The first kappa shape index (κ1) is 95.6. The maximum atomic E-state index is 12.9. The molecular weight excluding hydrogens is 1250 g/mol. The Labute approximate surface area is 617 Å². The third-order valence-corrected chi connectivity index (χ3v) is 18.5. The van der Waals surface area contributed by atoms with Crippen LogP contribution in [0.3, 0.4) is 0 Å². The molecule has 100 heavy (non-hydrogen) atoms. The molecule has 0 heterocycles. The molecule has 0 saturated carbocycles. The highest BCUT2D eigenvalue weighted by Gasteiger charge is 2.22. The summed E-state index contributed by atoms with van der Waals surface area (Å²) in [5.74, 6) is -0.832. The van der Waals surface area contributed by atoms with Crippen LogP contribution in [0.2, 0.25) is 0 Å². The predicted octanol–water partition coefficient (Wildman–Crippen LogP) is 27.2. The number of rotatable bonds is 75. The minimum absolute atomic E-state index is 0.0363. The Bertz CT molecular complexity index is 2250. The van der Waals surface area contributed by atoms with Gasteiger partial charge in [-0.3, -0.25) is 14.2 Å². The number of ether oxygens (including phenoxy) is 2. The van der Waals surface area contributed by atoms with Crippen molar-refractivity contribution in [2.45, 2.75) is 354 Å². The standard InChI is InChI=1S/C90H154NO8P/c1-6-8-10-12-14-16-18-20-22-24-26-28-30-32-34-36-38-40-42-43-44-45-46-47-49-50-52-54-56-58-60-62-64-66-68-70-72-74-76-78-80-82-89(92)96-86-88(87-98-100(94,95)97-85-84-91(3,4)5)99-90(93)83-81-79-77-75-73-71-69-67-65-63-61-59-57-55-53-51-48-41-39-37-35-33-31-29-27-25-23-21-19-17-15-13-11-9-7-2/h8-11,14-17,20-23,26-29,32-35,39,41,51,53,57,59,88H,6-7,12-13,18-19,24-25,30-31,36-38,40,42-50,52,54-56,58,60-87H2,1-5H3/b10-8-,11-9-,16-14-,17-15-,22-20-,23-21-,28-26-,29-27-,34-32-,35-33-,41-39-,53-51-,59-57-. The van der Waals surface area contributed by atoms with Gasteiger partial charge in [0.05, 0.1) is 27.7 Å². The van der Waals surface area contributed by atoms with Crippen LogP contribution >= 0.6 is 7.82 Å². The summed E-state index contributed by atoms with van der Waals surface area (Å²) in [6.07, 6.45) is 118. The van der Waals surface area contributed by atoms with Gasteiger partial charge in [-0.2, -0.15) is 0 Å². The molecule has 0 aliphatic rings. The molecule has 0 bridgehead atoms. The van der Waals surface area contributed by atoms with E-state index >= 15 is 0 Å². The fourth-order valence-electron chi connectivity index (χ4n) is 11.4. The van der Waals surface area contributed by atoms with Crippen LogP contribution in [0.1, 0.15) is 348 Å². The van der Waals surface area contributed by atoms with Crippen molar-refractivity contribution in [2.75, 3.05) is 47.5 Å². The molecule has 572 valence electrons. The van der Waals surface area contributed by atoms with Crippen molar-refractivity contribution in [2.24, 2.45) is 0 Å². The minimum atomic E-state index is -4.66. The summed E-state index contributed by atoms with van der Waals surface area (Å²) in [6.45, 7) is 4.03. The van der Waals surface area contributed by atoms with Gasteiger partial charge in [-0.25, -0.2) is 0 Å². The Morgan fingerprint density at radius 3 is 0.800 bits per heavy atom. The van der Waals surface area contributed by atoms with Gasteiger partial charge in [-0.1, -0.05) is 371 Å². The second-order valence-corrected chi connectivity index (χ2v) is 29.8. The molecule has 0 spiro atoms. The molecule has 0 N–H and O–H groups in total. The maximum absolute atomic E-state index is 12.9. The van der Waals surface area contributed by atoms with E-state index in [2.05, 4.69) is 172 Å². The molecular formula is C90H154NO8P. The fraction of sp³-hybridized carbons (Fsp3) is 0.689. The number of esters is 2. The van der Waals surface area contributed by atoms with Gasteiger partial charge >= 0.3 is 11.9 Å². The van der Waals surface area contributed by atoms with Crippen LogP contribution < -0.4 is 4.89 Å². The van der Waals surface area contributed by atoms with Gasteiger partial charge in [0.2, 0.25) is 0 Å². The lowest BCUT2D eigenvalue weighted by atomic mass is 10.0. The predicted molar refractivity (Wildman–Crippen MR) is 434 cm³/mol. The Kier molecular flexibility index (Phi) is 75.3. The number of hydrogen-bond donors (Lipinski definition) is 0. The number of hydrogen-bond acceptors (Lipinski definition) is 8. The van der Waals surface area contributed by atoms with Gasteiger partial charge < -0.3 is 27.9 Å². The molecule has 0 aliphatic carbocycles. The van der Waals surface area contributed by atoms with E-state index in [9.17, 15) is 19.0 Å². The Morgan fingerprint density at radius 2 is 0.540 bits per heavy atom. The van der Waals surface area contributed by atoms with E-state index < -0.39 is 26.5 Å². The van der Waals surface area contributed by atoms with Crippen LogP contribution in [-0.2, 0) is 32.7 Å². The Balaban J connectivity index is 3.96. The zero-order chi connectivity index (χ0) is 72.5. The number of quaternary nitrogens is 1. The summed E-state index contributed by atoms with van der Waals surface area (Å²) in [5, 5.41) is 0. The third-order valence-electron chi connectivity index (χ3n) is 17.5. The van der Waals surface area contributed by atoms with Crippen molar-refractivity contribution in [3.8, 4) is 0 Å². The molecule has 0 aromatic rings. The van der Waals surface area contributed by atoms with Crippen LogP contribution in [0.4, 0.5) is 0 Å². The largest absolute Gasteiger partial charge is 0.756 e. The van der Waals surface area contributed by atoms with Gasteiger partial charge in [0.1, 0.15) is 19.8 Å². The van der Waals surface area contributed by atoms with Crippen LogP contribution in [0.25, 0.3) is 0 Å². The van der Waals surface area contributed by atoms with Crippen molar-refractivity contribution in [3.05, 3.63) is 158 Å². The molecule has 2 atom stereocenters. The van der Waals surface area contributed by atoms with E-state index in [1.165, 1.54) is 186 Å². The van der Waals surface area contributed by atoms with E-state index in [1.807, 2.05) is 21.1 Å². The van der Waals surface area contributed by atoms with Gasteiger partial charge in [0.15, 0.2) is 6.10 Å². The van der Waals surface area contributed by atoms with E-state index in [0.29, 0.717) is 17.4 Å². The number of carbonyl (C=O) groups excluding carboxylic acids is 2. The third kappa shape index (κ3) is 82.6. The van der Waals surface area contributed by atoms with E-state index in [4.69, 9.17) is 18.5 Å². The summed E-state index contributed by atoms with van der Waals surface area (Å²) in [6, 6.07) is 0. The van der Waals surface area contributed by atoms with Crippen molar-refractivity contribution in [1.82, 2.24) is 0 Å². The van der Waals surface area contributed by atoms with Crippen LogP contribution in [0, 0.1) is 0 Å². The highest BCUT2D eigenvalue weighted by atomic mass is 31.2. The lowest BCUT2D eigenvalue weighted by Crippen LogP contribution is -2.37. The number of phosphoric ester groups is 1. The second-order valence-electron chi connectivity index (χ2n) is 28.4. The topological polar surface area (TPSA) is 111 Å². The van der Waals surface area contributed by atoms with Crippen LogP contribution in [0.15, 0.2) is 158 Å². The minimum Gasteiger partial charge on any atom is -0.756 e. The highest BCUT2D eigenvalue weighted by Crippen LogP contribution is 2.38. The van der Waals surface area contributed by atoms with Crippen molar-refractivity contribution in [1.29, 1.82) is 0 Å². The summed E-state index contributed by atoms with van der Waals surface area (Å²) in [5.41, 5.74) is 0. The molecule has 0 fully saturated rings. The van der Waals surface area contributed by atoms with Gasteiger partial charge in [0, 0.05) is 12.8 Å². The van der Waals surface area contributed by atoms with Crippen molar-refractivity contribution >= 4 is 19.8 Å². The molecule has 0 saturated heterocycles. The molecule has 0 aromatic heterocycles. The molecule has 10 heteroatoms. The quantitative estimate of drug-likeness (QED) is 0.0195. The van der Waals surface area contributed by atoms with Crippen molar-refractivity contribution in [3.63, 3.8) is 0 Å². The fourth-order valence-corrected chi connectivity index (χ4v) is 12.1. The number of unbranched alkanes of at least 4 members (excludes halogenated alkanes) is 35. The van der Waals surface area contributed by atoms with E-state index in [0.717, 1.165) is 128 Å². The second kappa shape index (κ2) is 78.8. The zero-order valence-corrected chi connectivity index (χ0v) is 66.2. The first-order valence-corrected chi connectivity index (χ1v) is 42.7. The molecule has 0 aromatic carbocycles. The summed E-state index contributed by atoms with van der Waals surface area (Å²) < 4.78 is 34.4. The Hall–Kier alpha value is -4.37. The lowest BCUT2D eigenvalue weighted by Gasteiger charge is -2.28. The zero-order valence-electron chi connectivity index (χ0n) is 65.3. The number of nitrogens with zero attached hydrogens (tertiary/aromatic N) is 1. The van der Waals surface area contributed by atoms with Gasteiger partial charge in [-0.05, 0) is 122 Å². The molecule has 9 nitrogen and oxygen atoms in total. The maximum Gasteiger partial charge on any atom is 0.306 e. The van der Waals surface area contributed by atoms with E-state index in [-0.39, 0.29) is 32.0 Å². The summed E-state index contributed by atoms with van der Waals surface area (Å²) >= 11 is 0. The number of carbonyl (C=O) groups is 2. The Morgan fingerprint density at radius 1 is 0.310 bits per heavy atom. The number of allylic oxidation sites excluding steroid dienone is 26. The van der Waals surface area contributed by atoms with Crippen LogP contribution in [0.5, 0.6) is 0 Å². The average Bonchev–Trinajstić information content (AvgIpc) is 1.65.